The molecular weight excluding hydrogens is 286 g/mol. The van der Waals surface area contributed by atoms with E-state index in [1.807, 2.05) is 0 Å². The quantitative estimate of drug-likeness (QED) is 0.655. The van der Waals surface area contributed by atoms with E-state index in [1.165, 1.54) is 18.2 Å². The van der Waals surface area contributed by atoms with Gasteiger partial charge in [0.2, 0.25) is 0 Å². The molecule has 0 bridgehead atoms. The van der Waals surface area contributed by atoms with E-state index in [-0.39, 0.29) is 12.3 Å². The highest BCUT2D eigenvalue weighted by molar-refractivity contribution is 5.43. The van der Waals surface area contributed by atoms with Crippen LogP contribution in [0.2, 0.25) is 0 Å². The van der Waals surface area contributed by atoms with Crippen molar-refractivity contribution in [3.05, 3.63) is 63.7 Å². The minimum Gasteiger partial charge on any atom is -0.497 e. The lowest BCUT2D eigenvalue weighted by Gasteiger charge is -2.14. The number of hydrogen-bond acceptors (Lipinski definition) is 5. The zero-order chi connectivity index (χ0) is 16.1. The van der Waals surface area contributed by atoms with Crippen molar-refractivity contribution in [1.29, 1.82) is 0 Å². The molecule has 0 aliphatic heterocycles. The van der Waals surface area contributed by atoms with Gasteiger partial charge in [0.25, 0.3) is 5.69 Å². The third kappa shape index (κ3) is 3.73. The molecule has 1 N–H and O–H groups in total. The molecule has 0 saturated carbocycles. The van der Waals surface area contributed by atoms with Crippen molar-refractivity contribution in [1.82, 2.24) is 0 Å². The largest absolute Gasteiger partial charge is 0.497 e. The Morgan fingerprint density at radius 1 is 1.27 bits per heavy atom. The number of hydrogen-bond donors (Lipinski definition) is 1. The average Bonchev–Trinajstić information content (AvgIpc) is 2.53. The highest BCUT2D eigenvalue weighted by Crippen LogP contribution is 2.25. The highest BCUT2D eigenvalue weighted by atomic mass is 16.6. The van der Waals surface area contributed by atoms with Crippen LogP contribution in [-0.2, 0) is 0 Å². The maximum Gasteiger partial charge on any atom is 0.269 e. The van der Waals surface area contributed by atoms with Crippen LogP contribution in [0.4, 0.5) is 5.69 Å². The van der Waals surface area contributed by atoms with Crippen molar-refractivity contribution in [2.75, 3.05) is 13.7 Å². The van der Waals surface area contributed by atoms with E-state index in [1.54, 1.807) is 38.3 Å². The van der Waals surface area contributed by atoms with Crippen LogP contribution in [-0.4, -0.2) is 23.7 Å². The fourth-order valence-corrected chi connectivity index (χ4v) is 2.02. The van der Waals surface area contributed by atoms with Gasteiger partial charge in [-0.2, -0.15) is 0 Å². The molecule has 0 radical (unpaired) electrons. The Morgan fingerprint density at radius 3 is 2.68 bits per heavy atom. The van der Waals surface area contributed by atoms with Crippen LogP contribution < -0.4 is 9.47 Å². The summed E-state index contributed by atoms with van der Waals surface area (Å²) in [6, 6.07) is 11.4. The molecule has 0 saturated heterocycles. The summed E-state index contributed by atoms with van der Waals surface area (Å²) in [5.74, 6) is 1.16. The molecule has 6 nitrogen and oxygen atoms in total. The van der Waals surface area contributed by atoms with E-state index < -0.39 is 11.0 Å². The summed E-state index contributed by atoms with van der Waals surface area (Å²) in [5.41, 5.74) is 1.34. The first kappa shape index (κ1) is 15.8. The van der Waals surface area contributed by atoms with E-state index in [9.17, 15) is 15.2 Å². The van der Waals surface area contributed by atoms with E-state index in [4.69, 9.17) is 9.47 Å². The Morgan fingerprint density at radius 2 is 2.05 bits per heavy atom. The number of rotatable bonds is 6. The van der Waals surface area contributed by atoms with Gasteiger partial charge in [-0.1, -0.05) is 12.1 Å². The van der Waals surface area contributed by atoms with Gasteiger partial charge in [0.1, 0.15) is 24.2 Å². The Bertz CT molecular complexity index is 671. The first-order valence-electron chi connectivity index (χ1n) is 6.71. The van der Waals surface area contributed by atoms with Gasteiger partial charge >= 0.3 is 0 Å². The average molecular weight is 303 g/mol. The molecule has 0 aliphatic rings. The van der Waals surface area contributed by atoms with Gasteiger partial charge in [0, 0.05) is 12.1 Å². The topological polar surface area (TPSA) is 81.8 Å². The Kier molecular flexibility index (Phi) is 4.95. The number of non-ortho nitro benzene ring substituents is 1. The summed E-state index contributed by atoms with van der Waals surface area (Å²) in [4.78, 5) is 10.2. The third-order valence-electron chi connectivity index (χ3n) is 3.24. The second-order valence-corrected chi connectivity index (χ2v) is 4.81. The van der Waals surface area contributed by atoms with E-state index >= 15 is 0 Å². The zero-order valence-electron chi connectivity index (χ0n) is 12.4. The predicted molar refractivity (Wildman–Crippen MR) is 81.3 cm³/mol. The first-order valence-corrected chi connectivity index (χ1v) is 6.71. The van der Waals surface area contributed by atoms with Crippen LogP contribution in [0.5, 0.6) is 11.5 Å². The molecule has 22 heavy (non-hydrogen) atoms. The van der Waals surface area contributed by atoms with Crippen molar-refractivity contribution >= 4 is 5.69 Å². The zero-order valence-corrected chi connectivity index (χ0v) is 12.4. The lowest BCUT2D eigenvalue weighted by Crippen LogP contribution is -2.10. The van der Waals surface area contributed by atoms with Crippen molar-refractivity contribution < 1.29 is 19.5 Å². The van der Waals surface area contributed by atoms with Gasteiger partial charge in [-0.25, -0.2) is 0 Å². The van der Waals surface area contributed by atoms with Gasteiger partial charge in [0.15, 0.2) is 0 Å². The second-order valence-electron chi connectivity index (χ2n) is 4.81. The fourth-order valence-electron chi connectivity index (χ4n) is 2.02. The molecule has 6 heteroatoms. The third-order valence-corrected chi connectivity index (χ3v) is 3.24. The monoisotopic (exact) mass is 303 g/mol. The molecule has 2 rings (SSSR count). The second kappa shape index (κ2) is 6.91. The smallest absolute Gasteiger partial charge is 0.269 e. The Hall–Kier alpha value is -2.60. The molecule has 116 valence electrons. The van der Waals surface area contributed by atoms with E-state index in [0.717, 1.165) is 0 Å². The van der Waals surface area contributed by atoms with Crippen molar-refractivity contribution in [3.63, 3.8) is 0 Å². The molecule has 2 aromatic carbocycles. The molecule has 1 unspecified atom stereocenters. The minimum absolute atomic E-state index is 0.0122. The lowest BCUT2D eigenvalue weighted by atomic mass is 10.1. The number of methoxy groups -OCH3 is 1. The minimum atomic E-state index is -0.815. The van der Waals surface area contributed by atoms with Crippen LogP contribution in [0, 0.1) is 17.0 Å². The standard InChI is InChI=1S/C16H17NO5/c1-11-8-13(17(19)20)6-7-16(11)22-10-15(18)12-4-3-5-14(9-12)21-2/h3-9,15,18H,10H2,1-2H3. The number of nitrogens with zero attached hydrogens (tertiary/aromatic N) is 1. The van der Waals surface area contributed by atoms with Crippen LogP contribution >= 0.6 is 0 Å². The van der Waals surface area contributed by atoms with Gasteiger partial charge in [-0.3, -0.25) is 10.1 Å². The maximum absolute atomic E-state index is 10.7. The van der Waals surface area contributed by atoms with Crippen LogP contribution in [0.3, 0.4) is 0 Å². The van der Waals surface area contributed by atoms with Crippen molar-refractivity contribution in [2.45, 2.75) is 13.0 Å². The predicted octanol–water partition coefficient (Wildman–Crippen LogP) is 3.02. The summed E-state index contributed by atoms with van der Waals surface area (Å²) in [7, 11) is 1.56. The molecule has 0 heterocycles. The van der Waals surface area contributed by atoms with Gasteiger partial charge in [-0.15, -0.1) is 0 Å². The lowest BCUT2D eigenvalue weighted by molar-refractivity contribution is -0.384. The molecule has 0 amide bonds. The van der Waals surface area contributed by atoms with Crippen LogP contribution in [0.1, 0.15) is 17.2 Å². The number of aliphatic hydroxyl groups is 1. The van der Waals surface area contributed by atoms with Gasteiger partial charge in [0.05, 0.1) is 12.0 Å². The summed E-state index contributed by atoms with van der Waals surface area (Å²) in [6.45, 7) is 1.77. The summed E-state index contributed by atoms with van der Waals surface area (Å²) in [6.07, 6.45) is -0.815. The highest BCUT2D eigenvalue weighted by Gasteiger charge is 2.12. The maximum atomic E-state index is 10.7. The molecule has 0 aromatic heterocycles. The summed E-state index contributed by atoms with van der Waals surface area (Å²) < 4.78 is 10.7. The van der Waals surface area contributed by atoms with Crippen molar-refractivity contribution in [2.24, 2.45) is 0 Å². The molecule has 1 atom stereocenters. The number of nitro benzene ring substituents is 1. The number of aliphatic hydroxyl groups excluding tert-OH is 1. The normalized spacial score (nSPS) is 11.8. The molecule has 0 fully saturated rings. The van der Waals surface area contributed by atoms with E-state index in [2.05, 4.69) is 0 Å². The summed E-state index contributed by atoms with van der Waals surface area (Å²) in [5, 5.41) is 20.8. The Balaban J connectivity index is 2.04. The number of ether oxygens (including phenoxy) is 2. The molecule has 0 aliphatic carbocycles. The molecular formula is C16H17NO5. The van der Waals surface area contributed by atoms with Crippen molar-refractivity contribution in [3.8, 4) is 11.5 Å². The fraction of sp³-hybridized carbons (Fsp3) is 0.250. The van der Waals surface area contributed by atoms with Gasteiger partial charge in [-0.05, 0) is 36.2 Å². The summed E-state index contributed by atoms with van der Waals surface area (Å²) >= 11 is 0. The van der Waals surface area contributed by atoms with Crippen LogP contribution in [0.25, 0.3) is 0 Å². The number of aryl methyl sites for hydroxylation is 1. The molecule has 0 spiro atoms. The number of nitro groups is 1. The first-order chi connectivity index (χ1) is 10.5. The Labute approximate surface area is 128 Å². The molecule has 2 aromatic rings. The van der Waals surface area contributed by atoms with E-state index in [0.29, 0.717) is 22.6 Å². The van der Waals surface area contributed by atoms with Gasteiger partial charge < -0.3 is 14.6 Å². The number of benzene rings is 2. The SMILES string of the molecule is COc1cccc(C(O)COc2ccc([N+](=O)[O-])cc2C)c1. The van der Waals surface area contributed by atoms with Crippen LogP contribution in [0.15, 0.2) is 42.5 Å².